The Balaban J connectivity index is 1.76. The number of likely N-dealkylation sites (tertiary alicyclic amines) is 1. The Morgan fingerprint density at radius 1 is 1.16 bits per heavy atom. The second kappa shape index (κ2) is 20.2. The number of aromatic amines is 1. The van der Waals surface area contributed by atoms with Gasteiger partial charge >= 0.3 is 0 Å². The molecule has 2 amide bonds. The number of nitrogens with zero attached hydrogens (tertiary/aromatic N) is 3. The van der Waals surface area contributed by atoms with Crippen LogP contribution >= 0.6 is 0 Å². The Morgan fingerprint density at radius 3 is 2.57 bits per heavy atom. The van der Waals surface area contributed by atoms with Gasteiger partial charge in [-0.15, -0.1) is 0 Å². The lowest BCUT2D eigenvalue weighted by Gasteiger charge is -2.34. The molecule has 1 saturated heterocycles. The monoisotopic (exact) mass is 699 g/mol. The van der Waals surface area contributed by atoms with E-state index < -0.39 is 5.83 Å². The topological polar surface area (TPSA) is 115 Å². The minimum Gasteiger partial charge on any atom is -0.388 e. The molecule has 2 heterocycles. The number of H-pyrrole nitrogens is 1. The number of hydrogen-bond donors (Lipinski definition) is 4. The molecule has 4 N–H and O–H groups in total. The van der Waals surface area contributed by atoms with Crippen LogP contribution in [0.4, 0.5) is 4.39 Å². The predicted octanol–water partition coefficient (Wildman–Crippen LogP) is 7.57. The number of amides is 2. The zero-order valence-electron chi connectivity index (χ0n) is 31.4. The van der Waals surface area contributed by atoms with Crippen molar-refractivity contribution in [1.82, 2.24) is 30.8 Å². The number of aliphatic imine (C=N–C) groups is 1. The van der Waals surface area contributed by atoms with E-state index in [1.54, 1.807) is 25.3 Å². The van der Waals surface area contributed by atoms with Crippen LogP contribution in [0.2, 0.25) is 0 Å². The van der Waals surface area contributed by atoms with Gasteiger partial charge in [-0.05, 0) is 67.2 Å². The van der Waals surface area contributed by atoms with E-state index in [9.17, 15) is 9.59 Å². The molecule has 0 radical (unpaired) electrons. The minimum absolute atomic E-state index is 0.0438. The molecule has 51 heavy (non-hydrogen) atoms. The van der Waals surface area contributed by atoms with Gasteiger partial charge in [-0.2, -0.15) is 0 Å². The molecule has 276 valence electrons. The third-order valence-corrected chi connectivity index (χ3v) is 9.48. The molecule has 2 fully saturated rings. The highest BCUT2D eigenvalue weighted by Gasteiger charge is 2.49. The normalized spacial score (nSPS) is 20.0. The van der Waals surface area contributed by atoms with Crippen LogP contribution in [0.15, 0.2) is 102 Å². The number of hydrogen-bond acceptors (Lipinski definition) is 5. The molecule has 3 atom stereocenters. The first kappa shape index (κ1) is 40.7. The van der Waals surface area contributed by atoms with Crippen molar-refractivity contribution in [3.05, 3.63) is 108 Å². The van der Waals surface area contributed by atoms with Crippen molar-refractivity contribution in [3.63, 3.8) is 0 Å². The van der Waals surface area contributed by atoms with Crippen LogP contribution in [0.3, 0.4) is 0 Å². The third-order valence-electron chi connectivity index (χ3n) is 9.48. The lowest BCUT2D eigenvalue weighted by Crippen LogP contribution is -2.45. The van der Waals surface area contributed by atoms with Crippen LogP contribution in [-0.2, 0) is 9.59 Å². The average Bonchev–Trinajstić information content (AvgIpc) is 3.89. The minimum atomic E-state index is -0.512. The summed E-state index contributed by atoms with van der Waals surface area (Å²) in [6.45, 7) is 23.1. The fourth-order valence-electron chi connectivity index (χ4n) is 6.47. The quantitative estimate of drug-likeness (QED) is 0.0676. The summed E-state index contributed by atoms with van der Waals surface area (Å²) >= 11 is 0. The van der Waals surface area contributed by atoms with Gasteiger partial charge in [0.05, 0.1) is 36.9 Å². The zero-order valence-corrected chi connectivity index (χ0v) is 31.4. The maximum atomic E-state index is 16.0. The predicted molar refractivity (Wildman–Crippen MR) is 208 cm³/mol. The van der Waals surface area contributed by atoms with Gasteiger partial charge < -0.3 is 25.8 Å². The maximum absolute atomic E-state index is 16.0. The van der Waals surface area contributed by atoms with Crippen LogP contribution in [0.5, 0.6) is 0 Å². The lowest BCUT2D eigenvalue weighted by atomic mass is 9.95. The SMILES string of the molecule is C=C/C=C(\C=C(\F)C(=C)c1cnc(C2[C@H]3CC[C@H](C3)N2C(=O)CNC(=O)CC)[nH]1)C(=C/C)/C=C(/C=C\C/N=C(/CCNC(=C)CC)NC)C(C)C. The number of fused-ring (bicyclic) bond motifs is 2. The van der Waals surface area contributed by atoms with Gasteiger partial charge in [-0.1, -0.05) is 83.9 Å². The first-order chi connectivity index (χ1) is 24.5. The molecule has 1 aromatic rings. The summed E-state index contributed by atoms with van der Waals surface area (Å²) in [4.78, 5) is 39.4. The second-order valence-electron chi connectivity index (χ2n) is 13.2. The molecule has 1 aliphatic carbocycles. The number of allylic oxidation sites excluding steroid dienone is 12. The van der Waals surface area contributed by atoms with Crippen LogP contribution in [0, 0.1) is 11.8 Å². The number of amidine groups is 1. The second-order valence-corrected chi connectivity index (χ2v) is 13.2. The standard InChI is InChI=1S/C41H58FN7O2/c1-10-15-32(30(12-3)22-31(27(5)6)16-14-20-45-37(43-9)19-21-44-28(7)11-2)24-35(42)29(8)36-25-47-41(48-36)40-33-17-18-34(23-33)49(40)39(51)26-46-38(50)13-4/h10,12,14-16,22,24-25,27,33-34,40,44H,1,7-8,11,13,17-21,23,26H2,2-6,9H3,(H,43,45)(H,46,50)(H,47,48)/b16-14-,30-12+,31-22-,32-15+,35-24+/t33-,34+,40?/m0/s1. The summed E-state index contributed by atoms with van der Waals surface area (Å²) in [7, 11) is 1.88. The highest BCUT2D eigenvalue weighted by molar-refractivity contribution is 5.85. The Bertz CT molecular complexity index is 1610. The molecule has 0 aromatic carbocycles. The third kappa shape index (κ3) is 11.4. The Morgan fingerprint density at radius 2 is 1.92 bits per heavy atom. The summed E-state index contributed by atoms with van der Waals surface area (Å²) < 4.78 is 16.0. The largest absolute Gasteiger partial charge is 0.388 e. The molecule has 1 aliphatic heterocycles. The Labute approximate surface area is 304 Å². The van der Waals surface area contributed by atoms with Crippen molar-refractivity contribution in [2.24, 2.45) is 16.8 Å². The highest BCUT2D eigenvalue weighted by Crippen LogP contribution is 2.49. The van der Waals surface area contributed by atoms with Crippen LogP contribution < -0.4 is 16.0 Å². The number of carbonyl (C=O) groups excluding carboxylic acids is 2. The van der Waals surface area contributed by atoms with E-state index in [0.29, 0.717) is 30.1 Å². The van der Waals surface area contributed by atoms with E-state index in [0.717, 1.165) is 61.3 Å². The number of imidazole rings is 1. The zero-order chi connectivity index (χ0) is 37.5. The Hall–Kier alpha value is -4.73. The first-order valence-electron chi connectivity index (χ1n) is 18.2. The lowest BCUT2D eigenvalue weighted by molar-refractivity contribution is -0.136. The number of piperidine rings is 1. The highest BCUT2D eigenvalue weighted by atomic mass is 19.1. The summed E-state index contributed by atoms with van der Waals surface area (Å²) in [5.74, 6) is 1.20. The molecule has 1 aromatic heterocycles. The summed E-state index contributed by atoms with van der Waals surface area (Å²) in [6.07, 6.45) is 19.4. The van der Waals surface area contributed by atoms with E-state index in [-0.39, 0.29) is 47.9 Å². The van der Waals surface area contributed by atoms with Gasteiger partial charge in [-0.25, -0.2) is 9.37 Å². The van der Waals surface area contributed by atoms with Gasteiger partial charge in [-0.3, -0.25) is 14.6 Å². The fourth-order valence-corrected chi connectivity index (χ4v) is 6.47. The summed E-state index contributed by atoms with van der Waals surface area (Å²) in [5.41, 5.74) is 4.18. The molecule has 2 bridgehead atoms. The van der Waals surface area contributed by atoms with E-state index in [1.165, 1.54) is 6.08 Å². The van der Waals surface area contributed by atoms with Crippen molar-refractivity contribution in [2.45, 2.75) is 85.2 Å². The van der Waals surface area contributed by atoms with Gasteiger partial charge in [0, 0.05) is 43.7 Å². The number of aromatic nitrogens is 2. The number of carbonyl (C=O) groups is 2. The molecular weight excluding hydrogens is 641 g/mol. The molecule has 1 unspecified atom stereocenters. The van der Waals surface area contributed by atoms with Gasteiger partial charge in [0.15, 0.2) is 0 Å². The fraction of sp³-hybridized carbons (Fsp3) is 0.463. The Kier molecular flexibility index (Phi) is 16.1. The van der Waals surface area contributed by atoms with Crippen LogP contribution in [0.25, 0.3) is 5.57 Å². The van der Waals surface area contributed by atoms with E-state index in [1.807, 2.05) is 31.0 Å². The summed E-state index contributed by atoms with van der Waals surface area (Å²) in [5, 5.41) is 9.18. The van der Waals surface area contributed by atoms with Crippen LogP contribution in [0.1, 0.15) is 90.7 Å². The van der Waals surface area contributed by atoms with E-state index in [2.05, 4.69) is 83.6 Å². The molecule has 10 heteroatoms. The van der Waals surface area contributed by atoms with E-state index >= 15 is 4.39 Å². The molecule has 1 saturated carbocycles. The smallest absolute Gasteiger partial charge is 0.242 e. The van der Waals surface area contributed by atoms with Crippen molar-refractivity contribution in [1.29, 1.82) is 0 Å². The molecule has 3 rings (SSSR count). The molecular formula is C41H58FN7O2. The van der Waals surface area contributed by atoms with Gasteiger partial charge in [0.2, 0.25) is 11.8 Å². The van der Waals surface area contributed by atoms with E-state index in [4.69, 9.17) is 0 Å². The van der Waals surface area contributed by atoms with Gasteiger partial charge in [0.1, 0.15) is 11.7 Å². The molecule has 9 nitrogen and oxygen atoms in total. The molecule has 2 aliphatic rings. The van der Waals surface area contributed by atoms with Crippen molar-refractivity contribution in [3.8, 4) is 0 Å². The van der Waals surface area contributed by atoms with Crippen molar-refractivity contribution in [2.75, 3.05) is 26.7 Å². The van der Waals surface area contributed by atoms with Crippen LogP contribution in [-0.4, -0.2) is 65.2 Å². The van der Waals surface area contributed by atoms with Crippen molar-refractivity contribution < 1.29 is 14.0 Å². The first-order valence-corrected chi connectivity index (χ1v) is 18.2. The molecule has 0 spiro atoms. The summed E-state index contributed by atoms with van der Waals surface area (Å²) in [6, 6.07) is -0.137. The number of nitrogens with one attached hydrogen (secondary N) is 4. The number of rotatable bonds is 19. The average molecular weight is 700 g/mol. The van der Waals surface area contributed by atoms with Crippen molar-refractivity contribution >= 4 is 23.2 Å². The maximum Gasteiger partial charge on any atom is 0.242 e. The number of halogens is 1. The van der Waals surface area contributed by atoms with Gasteiger partial charge in [0.25, 0.3) is 0 Å².